The Balaban J connectivity index is 3.02. The number of alkyl carbamates (subject to hydrolysis) is 1. The molecule has 29 heavy (non-hydrogen) atoms. The van der Waals surface area contributed by atoms with Crippen molar-refractivity contribution in [3.63, 3.8) is 0 Å². The van der Waals surface area contributed by atoms with Crippen LogP contribution in [0.25, 0.3) is 0 Å². The van der Waals surface area contributed by atoms with Gasteiger partial charge in [0.25, 0.3) is 0 Å². The first-order chi connectivity index (χ1) is 13.2. The molecular formula is C21H31NO7. The standard InChI is InChI=1S/C21H31NO7/c1-13(28-20(2,3)4)17(22-19(26)29-21(5,6)7)18(25)14-8-10-15(11-9-14)27-12-16(23)24/h8-11,13,17H,12H2,1-7H3,(H,22,26)(H,23,24). The minimum atomic E-state index is -1.10. The normalized spacial score (nSPS) is 13.9. The first-order valence-corrected chi connectivity index (χ1v) is 9.34. The average Bonchev–Trinajstić information content (AvgIpc) is 2.54. The quantitative estimate of drug-likeness (QED) is 0.633. The number of carboxylic acid groups (broad SMARTS) is 1. The first kappa shape index (κ1) is 24.4. The number of hydrogen-bond acceptors (Lipinski definition) is 6. The molecule has 2 atom stereocenters. The molecule has 1 amide bonds. The molecule has 0 bridgehead atoms. The minimum absolute atomic E-state index is 0.318. The average molecular weight is 409 g/mol. The highest BCUT2D eigenvalue weighted by Crippen LogP contribution is 2.19. The summed E-state index contributed by atoms with van der Waals surface area (Å²) in [6.45, 7) is 12.0. The topological polar surface area (TPSA) is 111 Å². The largest absolute Gasteiger partial charge is 0.482 e. The molecule has 0 aliphatic carbocycles. The summed E-state index contributed by atoms with van der Waals surface area (Å²) >= 11 is 0. The second-order valence-corrected chi connectivity index (χ2v) is 8.63. The van der Waals surface area contributed by atoms with Crippen molar-refractivity contribution < 1.29 is 33.7 Å². The number of ketones is 1. The van der Waals surface area contributed by atoms with E-state index in [-0.39, 0.29) is 5.78 Å². The van der Waals surface area contributed by atoms with Crippen LogP contribution in [0.15, 0.2) is 24.3 Å². The van der Waals surface area contributed by atoms with Crippen molar-refractivity contribution in [1.29, 1.82) is 0 Å². The summed E-state index contributed by atoms with van der Waals surface area (Å²) in [5.74, 6) is -1.14. The van der Waals surface area contributed by atoms with Crippen LogP contribution in [0.1, 0.15) is 58.8 Å². The van der Waals surface area contributed by atoms with E-state index < -0.39 is 42.0 Å². The van der Waals surface area contributed by atoms with Crippen LogP contribution < -0.4 is 10.1 Å². The Hall–Kier alpha value is -2.61. The van der Waals surface area contributed by atoms with Crippen LogP contribution in [-0.2, 0) is 14.3 Å². The van der Waals surface area contributed by atoms with Crippen molar-refractivity contribution in [3.05, 3.63) is 29.8 Å². The molecule has 8 heteroatoms. The maximum atomic E-state index is 13.1. The van der Waals surface area contributed by atoms with Gasteiger partial charge in [-0.3, -0.25) is 4.79 Å². The first-order valence-electron chi connectivity index (χ1n) is 9.34. The lowest BCUT2D eigenvalue weighted by Gasteiger charge is -2.31. The lowest BCUT2D eigenvalue weighted by atomic mass is 9.99. The van der Waals surface area contributed by atoms with Gasteiger partial charge in [0, 0.05) is 5.56 Å². The van der Waals surface area contributed by atoms with Crippen molar-refractivity contribution in [2.45, 2.75) is 71.8 Å². The number of carbonyl (C=O) groups excluding carboxylic acids is 2. The molecule has 1 aromatic rings. The van der Waals surface area contributed by atoms with Gasteiger partial charge in [-0.05, 0) is 72.7 Å². The molecule has 0 spiro atoms. The molecular weight excluding hydrogens is 378 g/mol. The Labute approximate surface area is 171 Å². The van der Waals surface area contributed by atoms with Crippen molar-refractivity contribution in [1.82, 2.24) is 5.32 Å². The lowest BCUT2D eigenvalue weighted by Crippen LogP contribution is -2.51. The smallest absolute Gasteiger partial charge is 0.408 e. The highest BCUT2D eigenvalue weighted by molar-refractivity contribution is 6.02. The minimum Gasteiger partial charge on any atom is -0.482 e. The molecule has 0 saturated heterocycles. The van der Waals surface area contributed by atoms with Crippen molar-refractivity contribution in [3.8, 4) is 5.75 Å². The Morgan fingerprint density at radius 1 is 1.00 bits per heavy atom. The van der Waals surface area contributed by atoms with Crippen LogP contribution in [0.5, 0.6) is 5.75 Å². The van der Waals surface area contributed by atoms with Gasteiger partial charge in [0.1, 0.15) is 17.4 Å². The van der Waals surface area contributed by atoms with Crippen LogP contribution in [0, 0.1) is 0 Å². The molecule has 8 nitrogen and oxygen atoms in total. The van der Waals surface area contributed by atoms with Crippen LogP contribution in [-0.4, -0.2) is 52.9 Å². The van der Waals surface area contributed by atoms with Gasteiger partial charge in [0.05, 0.1) is 11.7 Å². The number of Topliss-reactive ketones (excluding diaryl/α,β-unsaturated/α-hetero) is 1. The van der Waals surface area contributed by atoms with Crippen LogP contribution >= 0.6 is 0 Å². The van der Waals surface area contributed by atoms with Gasteiger partial charge >= 0.3 is 12.1 Å². The number of hydrogen-bond donors (Lipinski definition) is 2. The fourth-order valence-corrected chi connectivity index (χ4v) is 2.50. The molecule has 0 heterocycles. The van der Waals surface area contributed by atoms with E-state index in [1.54, 1.807) is 27.7 Å². The monoisotopic (exact) mass is 409 g/mol. The Kier molecular flexibility index (Phi) is 8.20. The van der Waals surface area contributed by atoms with E-state index in [0.717, 1.165) is 0 Å². The Morgan fingerprint density at radius 3 is 2.00 bits per heavy atom. The van der Waals surface area contributed by atoms with E-state index in [9.17, 15) is 14.4 Å². The van der Waals surface area contributed by atoms with Gasteiger partial charge in [0.2, 0.25) is 0 Å². The van der Waals surface area contributed by atoms with Gasteiger partial charge in [-0.25, -0.2) is 9.59 Å². The molecule has 0 saturated carbocycles. The second-order valence-electron chi connectivity index (χ2n) is 8.63. The van der Waals surface area contributed by atoms with Gasteiger partial charge in [-0.1, -0.05) is 0 Å². The molecule has 1 rings (SSSR count). The molecule has 0 radical (unpaired) electrons. The van der Waals surface area contributed by atoms with E-state index >= 15 is 0 Å². The van der Waals surface area contributed by atoms with Crippen molar-refractivity contribution in [2.24, 2.45) is 0 Å². The third-order valence-corrected chi connectivity index (χ3v) is 3.46. The lowest BCUT2D eigenvalue weighted by molar-refractivity contribution is -0.139. The zero-order valence-electron chi connectivity index (χ0n) is 18.1. The summed E-state index contributed by atoms with van der Waals surface area (Å²) in [5.41, 5.74) is -0.921. The van der Waals surface area contributed by atoms with Crippen LogP contribution in [0.4, 0.5) is 4.79 Å². The van der Waals surface area contributed by atoms with E-state index in [4.69, 9.17) is 19.3 Å². The molecule has 0 aliphatic heterocycles. The number of carbonyl (C=O) groups is 3. The predicted octanol–water partition coefficient (Wildman–Crippen LogP) is 3.43. The van der Waals surface area contributed by atoms with Crippen LogP contribution in [0.3, 0.4) is 0 Å². The summed E-state index contributed by atoms with van der Waals surface area (Å²) in [7, 11) is 0. The molecule has 2 unspecified atom stereocenters. The molecule has 0 fully saturated rings. The SMILES string of the molecule is CC(OC(C)(C)C)C(NC(=O)OC(C)(C)C)C(=O)c1ccc(OCC(=O)O)cc1. The zero-order valence-corrected chi connectivity index (χ0v) is 18.1. The fraction of sp³-hybridized carbons (Fsp3) is 0.571. The molecule has 0 aliphatic rings. The summed E-state index contributed by atoms with van der Waals surface area (Å²) in [4.78, 5) is 35.9. The highest BCUT2D eigenvalue weighted by Gasteiger charge is 2.32. The van der Waals surface area contributed by atoms with E-state index in [1.165, 1.54) is 24.3 Å². The van der Waals surface area contributed by atoms with E-state index in [0.29, 0.717) is 11.3 Å². The number of carboxylic acids is 1. The third kappa shape index (κ3) is 9.43. The number of amides is 1. The van der Waals surface area contributed by atoms with Gasteiger partial charge in [0.15, 0.2) is 12.4 Å². The van der Waals surface area contributed by atoms with Crippen molar-refractivity contribution in [2.75, 3.05) is 6.61 Å². The molecule has 0 aromatic heterocycles. The summed E-state index contributed by atoms with van der Waals surface area (Å²) in [5, 5.41) is 11.3. The number of benzene rings is 1. The van der Waals surface area contributed by atoms with E-state index in [1.807, 2.05) is 20.8 Å². The fourth-order valence-electron chi connectivity index (χ4n) is 2.50. The highest BCUT2D eigenvalue weighted by atomic mass is 16.6. The number of ether oxygens (including phenoxy) is 3. The third-order valence-electron chi connectivity index (χ3n) is 3.46. The Bertz CT molecular complexity index is 714. The van der Waals surface area contributed by atoms with E-state index in [2.05, 4.69) is 5.32 Å². The van der Waals surface area contributed by atoms with Gasteiger partial charge in [-0.15, -0.1) is 0 Å². The Morgan fingerprint density at radius 2 is 1.55 bits per heavy atom. The summed E-state index contributed by atoms with van der Waals surface area (Å²) < 4.78 is 16.2. The predicted molar refractivity (Wildman–Crippen MR) is 107 cm³/mol. The number of rotatable bonds is 8. The number of nitrogens with one attached hydrogen (secondary N) is 1. The van der Waals surface area contributed by atoms with Gasteiger partial charge < -0.3 is 24.6 Å². The van der Waals surface area contributed by atoms with Gasteiger partial charge in [-0.2, -0.15) is 0 Å². The molecule has 2 N–H and O–H groups in total. The molecule has 162 valence electrons. The number of aliphatic carboxylic acids is 1. The maximum Gasteiger partial charge on any atom is 0.408 e. The summed E-state index contributed by atoms with van der Waals surface area (Å²) in [6.07, 6.45) is -1.35. The molecule has 1 aromatic carbocycles. The zero-order chi connectivity index (χ0) is 22.4. The summed E-state index contributed by atoms with van der Waals surface area (Å²) in [6, 6.07) is 5.03. The van der Waals surface area contributed by atoms with Crippen LogP contribution in [0.2, 0.25) is 0 Å². The maximum absolute atomic E-state index is 13.1. The van der Waals surface area contributed by atoms with Crippen molar-refractivity contribution >= 4 is 17.8 Å². The second kappa shape index (κ2) is 9.73.